The second-order valence-electron chi connectivity index (χ2n) is 3.11. The normalized spacial score (nSPS) is 42.3. The lowest BCUT2D eigenvalue weighted by Gasteiger charge is -2.27. The molecule has 1 fully saturated rings. The van der Waals surface area contributed by atoms with E-state index in [1.54, 1.807) is 0 Å². The van der Waals surface area contributed by atoms with E-state index in [4.69, 9.17) is 15.7 Å². The van der Waals surface area contributed by atoms with Gasteiger partial charge in [0.25, 0.3) is 0 Å². The molecule has 0 aromatic rings. The second kappa shape index (κ2) is 4.29. The maximum Gasteiger partial charge on any atom is 0.203 e. The third kappa shape index (κ3) is 1.90. The number of ether oxygens (including phenoxy) is 1. The van der Waals surface area contributed by atoms with E-state index >= 15 is 0 Å². The van der Waals surface area contributed by atoms with Gasteiger partial charge in [0.1, 0.15) is 18.3 Å². The quantitative estimate of drug-likeness (QED) is 0.200. The minimum atomic E-state index is -2.50. The van der Waals surface area contributed by atoms with Crippen molar-refractivity contribution < 1.29 is 30.3 Å². The van der Waals surface area contributed by atoms with Crippen molar-refractivity contribution >= 4 is 0 Å². The van der Waals surface area contributed by atoms with Gasteiger partial charge >= 0.3 is 0 Å². The maximum atomic E-state index is 9.66. The number of aliphatic hydroxyl groups excluding tert-OH is 4. The first-order chi connectivity index (χ1) is 6.97. The molecule has 1 heterocycles. The summed E-state index contributed by atoms with van der Waals surface area (Å²) in [4.78, 5) is 2.27. The summed E-state index contributed by atoms with van der Waals surface area (Å²) < 4.78 is 4.58. The Balaban J connectivity index is 3.01. The monoisotopic (exact) mass is 221 g/mol. The smallest absolute Gasteiger partial charge is 0.203 e. The van der Waals surface area contributed by atoms with Gasteiger partial charge in [0.15, 0.2) is 6.29 Å². The Morgan fingerprint density at radius 3 is 2.60 bits per heavy atom. The van der Waals surface area contributed by atoms with Crippen LogP contribution in [-0.2, 0) is 4.74 Å². The minimum Gasteiger partial charge on any atom is -0.394 e. The second-order valence-corrected chi connectivity index (χ2v) is 3.11. The van der Waals surface area contributed by atoms with Gasteiger partial charge in [-0.3, -0.25) is 0 Å². The molecule has 0 aromatic carbocycles. The number of rotatable bonds is 3. The summed E-state index contributed by atoms with van der Waals surface area (Å²) in [6.07, 6.45) is -6.87. The van der Waals surface area contributed by atoms with Crippen molar-refractivity contribution in [2.45, 2.75) is 30.3 Å². The summed E-state index contributed by atoms with van der Waals surface area (Å²) in [6.45, 7) is -0.784. The zero-order valence-electron chi connectivity index (χ0n) is 7.50. The summed E-state index contributed by atoms with van der Waals surface area (Å²) in [7, 11) is 0. The van der Waals surface area contributed by atoms with Crippen LogP contribution in [0.3, 0.4) is 0 Å². The zero-order valence-corrected chi connectivity index (χ0v) is 7.50. The van der Waals surface area contributed by atoms with Gasteiger partial charge in [0.05, 0.1) is 6.61 Å². The van der Waals surface area contributed by atoms with E-state index in [2.05, 4.69) is 14.8 Å². The van der Waals surface area contributed by atoms with Crippen molar-refractivity contribution in [1.82, 2.24) is 0 Å². The molecule has 0 spiro atoms. The average molecular weight is 221 g/mol. The predicted octanol–water partition coefficient (Wildman–Crippen LogP) is -2.58. The Morgan fingerprint density at radius 1 is 1.53 bits per heavy atom. The molecule has 1 aliphatic rings. The first kappa shape index (κ1) is 12.1. The van der Waals surface area contributed by atoms with E-state index in [1.807, 2.05) is 0 Å². The summed E-state index contributed by atoms with van der Waals surface area (Å²) in [5.74, 6) is 0. The molecule has 1 saturated heterocycles. The number of hydrogen-bond acceptors (Lipinski definition) is 7. The molecule has 1 aliphatic heterocycles. The largest absolute Gasteiger partial charge is 0.394 e. The summed E-state index contributed by atoms with van der Waals surface area (Å²) in [5.41, 5.74) is 5.67. The molecule has 0 saturated carbocycles. The fourth-order valence-corrected chi connectivity index (χ4v) is 1.36. The molecular weight excluding hydrogens is 210 g/mol. The molecule has 5 N–H and O–H groups in total. The SMILES string of the molecule is [N-]=[N+]=N[C@]1(O)[C@@H]([C@H](O)CO)O[C@H](O)[C@@H]1O. The Morgan fingerprint density at radius 2 is 2.13 bits per heavy atom. The Kier molecular flexibility index (Phi) is 3.47. The van der Waals surface area contributed by atoms with Crippen LogP contribution in [0, 0.1) is 0 Å². The van der Waals surface area contributed by atoms with Crippen LogP contribution in [0.25, 0.3) is 10.4 Å². The highest BCUT2D eigenvalue weighted by Crippen LogP contribution is 2.33. The van der Waals surface area contributed by atoms with E-state index in [9.17, 15) is 15.3 Å². The van der Waals surface area contributed by atoms with Gasteiger partial charge in [0, 0.05) is 4.91 Å². The Bertz CT molecular complexity index is 282. The zero-order chi connectivity index (χ0) is 11.6. The van der Waals surface area contributed by atoms with E-state index in [1.165, 1.54) is 0 Å². The molecule has 1 rings (SSSR count). The lowest BCUT2D eigenvalue weighted by molar-refractivity contribution is -0.154. The summed E-state index contributed by atoms with van der Waals surface area (Å²) in [5, 5.41) is 48.7. The van der Waals surface area contributed by atoms with Crippen LogP contribution in [0.1, 0.15) is 0 Å². The van der Waals surface area contributed by atoms with Gasteiger partial charge in [-0.25, -0.2) is 0 Å². The van der Waals surface area contributed by atoms with Crippen molar-refractivity contribution in [3.63, 3.8) is 0 Å². The average Bonchev–Trinajstić information content (AvgIpc) is 2.43. The first-order valence-corrected chi connectivity index (χ1v) is 4.06. The van der Waals surface area contributed by atoms with E-state index < -0.39 is 36.9 Å². The molecule has 15 heavy (non-hydrogen) atoms. The number of aliphatic hydroxyl groups is 5. The van der Waals surface area contributed by atoms with Crippen molar-refractivity contribution in [2.75, 3.05) is 6.61 Å². The lowest BCUT2D eigenvalue weighted by atomic mass is 9.99. The highest BCUT2D eigenvalue weighted by atomic mass is 16.7. The number of hydrogen-bond donors (Lipinski definition) is 5. The number of nitrogens with zero attached hydrogens (tertiary/aromatic N) is 3. The molecule has 0 bridgehead atoms. The highest BCUT2D eigenvalue weighted by molar-refractivity contribution is 5.01. The minimum absolute atomic E-state index is 0.784. The molecular formula is C6H11N3O6. The Labute approximate surface area is 83.8 Å². The van der Waals surface area contributed by atoms with Crippen molar-refractivity contribution in [2.24, 2.45) is 5.11 Å². The molecule has 0 unspecified atom stereocenters. The molecule has 0 aliphatic carbocycles. The fourth-order valence-electron chi connectivity index (χ4n) is 1.36. The van der Waals surface area contributed by atoms with Gasteiger partial charge in [-0.1, -0.05) is 5.11 Å². The van der Waals surface area contributed by atoms with E-state index in [0.717, 1.165) is 0 Å². The molecule has 86 valence electrons. The van der Waals surface area contributed by atoms with Crippen molar-refractivity contribution in [3.05, 3.63) is 10.4 Å². The molecule has 0 aromatic heterocycles. The highest BCUT2D eigenvalue weighted by Gasteiger charge is 2.57. The van der Waals surface area contributed by atoms with Gasteiger partial charge in [-0.05, 0) is 5.53 Å². The van der Waals surface area contributed by atoms with Crippen LogP contribution >= 0.6 is 0 Å². The van der Waals surface area contributed by atoms with Gasteiger partial charge in [0.2, 0.25) is 5.72 Å². The first-order valence-electron chi connectivity index (χ1n) is 4.06. The lowest BCUT2D eigenvalue weighted by Crippen LogP contribution is -2.51. The predicted molar refractivity (Wildman–Crippen MR) is 44.1 cm³/mol. The van der Waals surface area contributed by atoms with Crippen LogP contribution in [0.2, 0.25) is 0 Å². The standard InChI is InChI=1S/C6H11N3O6/c7-9-8-6(14)3(12)5(13)15-4(6)2(11)1-10/h2-5,10-14H,1H2/t2-,3+,4-,5+,6-/m1/s1. The molecule has 0 radical (unpaired) electrons. The van der Waals surface area contributed by atoms with E-state index in [-0.39, 0.29) is 0 Å². The fraction of sp³-hybridized carbons (Fsp3) is 1.00. The number of azide groups is 1. The Hall–Kier alpha value is -0.930. The van der Waals surface area contributed by atoms with Gasteiger partial charge < -0.3 is 30.3 Å². The van der Waals surface area contributed by atoms with Gasteiger partial charge in [-0.2, -0.15) is 0 Å². The molecule has 9 nitrogen and oxygen atoms in total. The molecule has 5 atom stereocenters. The molecule has 0 amide bonds. The van der Waals surface area contributed by atoms with Gasteiger partial charge in [-0.15, -0.1) is 0 Å². The van der Waals surface area contributed by atoms with Crippen LogP contribution in [0.5, 0.6) is 0 Å². The van der Waals surface area contributed by atoms with Crippen LogP contribution < -0.4 is 0 Å². The topological polar surface area (TPSA) is 159 Å². The summed E-state index contributed by atoms with van der Waals surface area (Å²) >= 11 is 0. The van der Waals surface area contributed by atoms with Crippen molar-refractivity contribution in [3.8, 4) is 0 Å². The maximum absolute atomic E-state index is 9.66. The molecule has 9 heteroatoms. The summed E-state index contributed by atoms with van der Waals surface area (Å²) in [6, 6.07) is 0. The third-order valence-corrected chi connectivity index (χ3v) is 2.15. The van der Waals surface area contributed by atoms with E-state index in [0.29, 0.717) is 0 Å². The third-order valence-electron chi connectivity index (χ3n) is 2.15. The van der Waals surface area contributed by atoms with Crippen LogP contribution in [0.4, 0.5) is 0 Å². The van der Waals surface area contributed by atoms with Crippen molar-refractivity contribution in [1.29, 1.82) is 0 Å². The van der Waals surface area contributed by atoms with Crippen LogP contribution in [0.15, 0.2) is 5.11 Å². The van der Waals surface area contributed by atoms with Crippen LogP contribution in [-0.4, -0.2) is 62.5 Å².